The van der Waals surface area contributed by atoms with Crippen LogP contribution in [0.5, 0.6) is 0 Å². The van der Waals surface area contributed by atoms with Gasteiger partial charge in [-0.15, -0.1) is 0 Å². The lowest BCUT2D eigenvalue weighted by atomic mass is 10.2. The lowest BCUT2D eigenvalue weighted by Gasteiger charge is -2.05. The SMILES string of the molecule is Cc1cc(N)c(C(=O)Nc2onc(C)c2C)cn1. The first-order valence-electron chi connectivity index (χ1n) is 5.45. The first-order valence-corrected chi connectivity index (χ1v) is 5.45. The fraction of sp³-hybridized carbons (Fsp3) is 0.250. The second-order valence-electron chi connectivity index (χ2n) is 4.09. The molecule has 2 aromatic heterocycles. The van der Waals surface area contributed by atoms with Crippen molar-refractivity contribution in [1.82, 2.24) is 10.1 Å². The Balaban J connectivity index is 2.25. The molecule has 2 heterocycles. The smallest absolute Gasteiger partial charge is 0.261 e. The average Bonchev–Trinajstić information content (AvgIpc) is 2.61. The topological polar surface area (TPSA) is 94.0 Å². The van der Waals surface area contributed by atoms with Gasteiger partial charge in [0.05, 0.1) is 11.3 Å². The average molecular weight is 246 g/mol. The Morgan fingerprint density at radius 2 is 2.11 bits per heavy atom. The van der Waals surface area contributed by atoms with Crippen molar-refractivity contribution in [3.63, 3.8) is 0 Å². The third-order valence-corrected chi connectivity index (χ3v) is 2.70. The number of carbonyl (C=O) groups is 1. The zero-order valence-electron chi connectivity index (χ0n) is 10.4. The Labute approximate surface area is 104 Å². The number of hydrogen-bond donors (Lipinski definition) is 2. The molecule has 2 rings (SSSR count). The normalized spacial score (nSPS) is 10.4. The van der Waals surface area contributed by atoms with Gasteiger partial charge in [-0.25, -0.2) is 0 Å². The molecule has 2 aromatic rings. The van der Waals surface area contributed by atoms with Gasteiger partial charge < -0.3 is 10.3 Å². The summed E-state index contributed by atoms with van der Waals surface area (Å²) in [6, 6.07) is 1.65. The summed E-state index contributed by atoms with van der Waals surface area (Å²) in [5.41, 5.74) is 8.76. The van der Waals surface area contributed by atoms with Gasteiger partial charge >= 0.3 is 0 Å². The fourth-order valence-corrected chi connectivity index (χ4v) is 1.47. The Hall–Kier alpha value is -2.37. The van der Waals surface area contributed by atoms with Crippen LogP contribution in [-0.2, 0) is 0 Å². The zero-order valence-corrected chi connectivity index (χ0v) is 10.4. The summed E-state index contributed by atoms with van der Waals surface area (Å²) in [6.45, 7) is 5.43. The van der Waals surface area contributed by atoms with Gasteiger partial charge in [-0.05, 0) is 26.8 Å². The van der Waals surface area contributed by atoms with E-state index in [-0.39, 0.29) is 5.91 Å². The van der Waals surface area contributed by atoms with Crippen molar-refractivity contribution < 1.29 is 9.32 Å². The minimum atomic E-state index is -0.362. The summed E-state index contributed by atoms with van der Waals surface area (Å²) in [6.07, 6.45) is 1.44. The molecule has 0 bridgehead atoms. The van der Waals surface area contributed by atoms with Crippen molar-refractivity contribution in [3.8, 4) is 0 Å². The number of rotatable bonds is 2. The van der Waals surface area contributed by atoms with E-state index in [1.165, 1.54) is 6.20 Å². The van der Waals surface area contributed by atoms with Crippen molar-refractivity contribution in [2.45, 2.75) is 20.8 Å². The Morgan fingerprint density at radius 1 is 1.39 bits per heavy atom. The molecule has 0 radical (unpaired) electrons. The van der Waals surface area contributed by atoms with Gasteiger partial charge in [0.15, 0.2) is 0 Å². The first-order chi connectivity index (χ1) is 8.49. The van der Waals surface area contributed by atoms with Crippen LogP contribution in [0.3, 0.4) is 0 Å². The largest absolute Gasteiger partial charge is 0.398 e. The number of nitrogens with zero attached hydrogens (tertiary/aromatic N) is 2. The third kappa shape index (κ3) is 2.17. The number of carbonyl (C=O) groups excluding carboxylic acids is 1. The van der Waals surface area contributed by atoms with E-state index in [9.17, 15) is 4.79 Å². The molecule has 0 aliphatic carbocycles. The van der Waals surface area contributed by atoms with Crippen molar-refractivity contribution in [3.05, 3.63) is 34.8 Å². The van der Waals surface area contributed by atoms with Gasteiger partial charge in [-0.2, -0.15) is 0 Å². The molecule has 0 aliphatic rings. The predicted molar refractivity (Wildman–Crippen MR) is 67.3 cm³/mol. The molecule has 0 spiro atoms. The van der Waals surface area contributed by atoms with E-state index in [1.807, 2.05) is 13.8 Å². The molecule has 1 amide bonds. The number of aromatic nitrogens is 2. The number of aryl methyl sites for hydroxylation is 2. The van der Waals surface area contributed by atoms with Crippen LogP contribution in [0, 0.1) is 20.8 Å². The van der Waals surface area contributed by atoms with Crippen LogP contribution in [0.1, 0.15) is 27.3 Å². The maximum Gasteiger partial charge on any atom is 0.261 e. The molecule has 18 heavy (non-hydrogen) atoms. The molecule has 0 saturated heterocycles. The molecule has 6 heteroatoms. The second kappa shape index (κ2) is 4.48. The van der Waals surface area contributed by atoms with Gasteiger partial charge in [-0.1, -0.05) is 5.16 Å². The first kappa shape index (κ1) is 12.1. The molecule has 0 atom stereocenters. The highest BCUT2D eigenvalue weighted by atomic mass is 16.5. The van der Waals surface area contributed by atoms with E-state index in [4.69, 9.17) is 10.3 Å². The number of amides is 1. The molecule has 0 unspecified atom stereocenters. The summed E-state index contributed by atoms with van der Waals surface area (Å²) in [4.78, 5) is 16.0. The van der Waals surface area contributed by atoms with Crippen molar-refractivity contribution in [2.75, 3.05) is 11.1 Å². The van der Waals surface area contributed by atoms with E-state index < -0.39 is 0 Å². The maximum absolute atomic E-state index is 12.0. The number of anilines is 2. The Kier molecular flexibility index (Phi) is 3.01. The summed E-state index contributed by atoms with van der Waals surface area (Å²) >= 11 is 0. The molecule has 94 valence electrons. The van der Waals surface area contributed by atoms with Gasteiger partial charge in [0, 0.05) is 23.1 Å². The minimum Gasteiger partial charge on any atom is -0.398 e. The number of pyridine rings is 1. The highest BCUT2D eigenvalue weighted by molar-refractivity contribution is 6.07. The maximum atomic E-state index is 12.0. The molecule has 6 nitrogen and oxygen atoms in total. The molecule has 0 aromatic carbocycles. The minimum absolute atomic E-state index is 0.314. The van der Waals surface area contributed by atoms with Crippen LogP contribution < -0.4 is 11.1 Å². The number of nitrogens with one attached hydrogen (secondary N) is 1. The van der Waals surface area contributed by atoms with Gasteiger partial charge in [0.1, 0.15) is 0 Å². The van der Waals surface area contributed by atoms with Crippen LogP contribution in [0.4, 0.5) is 11.6 Å². The van der Waals surface area contributed by atoms with E-state index >= 15 is 0 Å². The second-order valence-corrected chi connectivity index (χ2v) is 4.09. The highest BCUT2D eigenvalue weighted by Gasteiger charge is 2.15. The monoisotopic (exact) mass is 246 g/mol. The number of hydrogen-bond acceptors (Lipinski definition) is 5. The number of nitrogens with two attached hydrogens (primary N) is 1. The molecule has 3 N–H and O–H groups in total. The van der Waals surface area contributed by atoms with Crippen molar-refractivity contribution in [1.29, 1.82) is 0 Å². The molecule has 0 saturated carbocycles. The summed E-state index contributed by atoms with van der Waals surface area (Å²) in [5.74, 6) is -0.0308. The van der Waals surface area contributed by atoms with Gasteiger partial charge in [-0.3, -0.25) is 15.1 Å². The van der Waals surface area contributed by atoms with Gasteiger partial charge in [0.25, 0.3) is 5.91 Å². The van der Waals surface area contributed by atoms with Crippen LogP contribution in [0.25, 0.3) is 0 Å². The lowest BCUT2D eigenvalue weighted by Crippen LogP contribution is -2.14. The van der Waals surface area contributed by atoms with Gasteiger partial charge in [0.2, 0.25) is 5.88 Å². The lowest BCUT2D eigenvalue weighted by molar-refractivity contribution is 0.102. The fourth-order valence-electron chi connectivity index (χ4n) is 1.47. The van der Waals surface area contributed by atoms with E-state index in [0.717, 1.165) is 17.0 Å². The highest BCUT2D eigenvalue weighted by Crippen LogP contribution is 2.19. The molecular weight excluding hydrogens is 232 g/mol. The zero-order chi connectivity index (χ0) is 13.3. The molecule has 0 aliphatic heterocycles. The number of nitrogen functional groups attached to an aromatic ring is 1. The standard InChI is InChI=1S/C12H14N4O2/c1-6-4-10(13)9(5-14-6)11(17)15-12-7(2)8(3)16-18-12/h4-5H,1-3H3,(H2,13,14)(H,15,17). The van der Waals surface area contributed by atoms with E-state index in [0.29, 0.717) is 17.1 Å². The summed E-state index contributed by atoms with van der Waals surface area (Å²) in [5, 5.41) is 6.38. The third-order valence-electron chi connectivity index (χ3n) is 2.70. The Morgan fingerprint density at radius 3 is 2.67 bits per heavy atom. The van der Waals surface area contributed by atoms with E-state index in [2.05, 4.69) is 15.5 Å². The van der Waals surface area contributed by atoms with Crippen molar-refractivity contribution >= 4 is 17.5 Å². The molecular formula is C12H14N4O2. The van der Waals surface area contributed by atoms with Crippen LogP contribution in [-0.4, -0.2) is 16.0 Å². The van der Waals surface area contributed by atoms with Crippen LogP contribution in [0.2, 0.25) is 0 Å². The summed E-state index contributed by atoms with van der Waals surface area (Å²) < 4.78 is 5.01. The molecule has 0 fully saturated rings. The predicted octanol–water partition coefficient (Wildman–Crippen LogP) is 1.83. The Bertz CT molecular complexity index is 604. The van der Waals surface area contributed by atoms with E-state index in [1.54, 1.807) is 13.0 Å². The van der Waals surface area contributed by atoms with Crippen LogP contribution >= 0.6 is 0 Å². The van der Waals surface area contributed by atoms with Crippen LogP contribution in [0.15, 0.2) is 16.8 Å². The summed E-state index contributed by atoms with van der Waals surface area (Å²) in [7, 11) is 0. The quantitative estimate of drug-likeness (QED) is 0.843. The van der Waals surface area contributed by atoms with Crippen molar-refractivity contribution in [2.24, 2.45) is 0 Å².